The minimum Gasteiger partial charge on any atom is -0.392 e. The highest BCUT2D eigenvalue weighted by Gasteiger charge is 2.14. The summed E-state index contributed by atoms with van der Waals surface area (Å²) in [6, 6.07) is 1.19. The second-order valence-electron chi connectivity index (χ2n) is 3.31. The molecule has 2 N–H and O–H groups in total. The van der Waals surface area contributed by atoms with Crippen LogP contribution < -0.4 is 5.32 Å². The van der Waals surface area contributed by atoms with E-state index in [0.29, 0.717) is 12.1 Å². The molecule has 0 aliphatic rings. The molecular weight excluding hydrogens is 223 g/mol. The molecule has 1 amide bonds. The van der Waals surface area contributed by atoms with Gasteiger partial charge in [-0.2, -0.15) is 0 Å². The first-order valence-corrected chi connectivity index (χ1v) is 4.52. The van der Waals surface area contributed by atoms with Gasteiger partial charge in [0.15, 0.2) is 17.5 Å². The Morgan fingerprint density at radius 2 is 1.88 bits per heavy atom. The molecule has 0 radical (unpaired) electrons. The Bertz CT molecular complexity index is 384. The maximum Gasteiger partial charge on any atom is 0.251 e. The van der Waals surface area contributed by atoms with E-state index >= 15 is 0 Å². The van der Waals surface area contributed by atoms with Crippen molar-refractivity contribution in [2.75, 3.05) is 6.54 Å². The Kier molecular flexibility index (Phi) is 3.89. The molecule has 0 heterocycles. The van der Waals surface area contributed by atoms with Crippen molar-refractivity contribution in [2.45, 2.75) is 13.0 Å². The van der Waals surface area contributed by atoms with E-state index in [0.717, 1.165) is 0 Å². The molecule has 6 heteroatoms. The minimum atomic E-state index is -1.62. The number of benzene rings is 1. The van der Waals surface area contributed by atoms with Crippen LogP contribution in [0.15, 0.2) is 12.1 Å². The van der Waals surface area contributed by atoms with Gasteiger partial charge in [0.05, 0.1) is 6.10 Å². The molecule has 1 aromatic rings. The van der Waals surface area contributed by atoms with Gasteiger partial charge in [0, 0.05) is 12.1 Å². The molecule has 0 aliphatic carbocycles. The molecule has 0 aliphatic heterocycles. The first-order chi connectivity index (χ1) is 7.41. The Morgan fingerprint density at radius 3 is 2.31 bits per heavy atom. The van der Waals surface area contributed by atoms with Gasteiger partial charge in [0.25, 0.3) is 5.91 Å². The maximum absolute atomic E-state index is 12.8. The molecule has 1 rings (SSSR count). The Balaban J connectivity index is 2.84. The molecule has 16 heavy (non-hydrogen) atoms. The highest BCUT2D eigenvalue weighted by atomic mass is 19.2. The van der Waals surface area contributed by atoms with E-state index in [1.807, 2.05) is 0 Å². The molecular formula is C10H10F3NO2. The van der Waals surface area contributed by atoms with Crippen LogP contribution in [0.25, 0.3) is 0 Å². The molecule has 0 saturated heterocycles. The average Bonchev–Trinajstić information content (AvgIpc) is 2.21. The zero-order valence-electron chi connectivity index (χ0n) is 8.43. The summed E-state index contributed by atoms with van der Waals surface area (Å²) >= 11 is 0. The van der Waals surface area contributed by atoms with Crippen molar-refractivity contribution in [3.05, 3.63) is 35.1 Å². The summed E-state index contributed by atoms with van der Waals surface area (Å²) in [7, 11) is 0. The summed E-state index contributed by atoms with van der Waals surface area (Å²) in [5.41, 5.74) is -0.336. The molecule has 0 bridgehead atoms. The van der Waals surface area contributed by atoms with Crippen LogP contribution in [0.5, 0.6) is 0 Å². The Morgan fingerprint density at radius 1 is 1.38 bits per heavy atom. The predicted octanol–water partition coefficient (Wildman–Crippen LogP) is 1.21. The fourth-order valence-electron chi connectivity index (χ4n) is 1.03. The summed E-state index contributed by atoms with van der Waals surface area (Å²) in [4.78, 5) is 11.3. The first kappa shape index (κ1) is 12.5. The smallest absolute Gasteiger partial charge is 0.251 e. The lowest BCUT2D eigenvalue weighted by molar-refractivity contribution is 0.0923. The molecule has 1 atom stereocenters. The van der Waals surface area contributed by atoms with Crippen LogP contribution in [-0.4, -0.2) is 23.7 Å². The van der Waals surface area contributed by atoms with Crippen LogP contribution in [-0.2, 0) is 0 Å². The molecule has 0 fully saturated rings. The zero-order valence-corrected chi connectivity index (χ0v) is 8.43. The molecule has 88 valence electrons. The number of hydrogen-bond donors (Lipinski definition) is 2. The second-order valence-corrected chi connectivity index (χ2v) is 3.31. The molecule has 0 unspecified atom stereocenters. The minimum absolute atomic E-state index is 0.0561. The van der Waals surface area contributed by atoms with Crippen molar-refractivity contribution in [1.29, 1.82) is 0 Å². The van der Waals surface area contributed by atoms with E-state index in [2.05, 4.69) is 5.32 Å². The van der Waals surface area contributed by atoms with Gasteiger partial charge in [-0.3, -0.25) is 4.79 Å². The summed E-state index contributed by atoms with van der Waals surface area (Å²) < 4.78 is 38.1. The lowest BCUT2D eigenvalue weighted by atomic mass is 10.2. The van der Waals surface area contributed by atoms with Crippen LogP contribution in [0.4, 0.5) is 13.2 Å². The third kappa shape index (κ3) is 2.96. The van der Waals surface area contributed by atoms with Gasteiger partial charge in [-0.15, -0.1) is 0 Å². The number of rotatable bonds is 3. The SMILES string of the molecule is C[C@@H](O)CNC(=O)c1cc(F)c(F)c(F)c1. The zero-order chi connectivity index (χ0) is 12.3. The quantitative estimate of drug-likeness (QED) is 0.771. The van der Waals surface area contributed by atoms with E-state index in [1.54, 1.807) is 0 Å². The summed E-state index contributed by atoms with van der Waals surface area (Å²) in [5, 5.41) is 11.1. The highest BCUT2D eigenvalue weighted by Crippen LogP contribution is 2.13. The number of hydrogen-bond acceptors (Lipinski definition) is 2. The van der Waals surface area contributed by atoms with E-state index < -0.39 is 29.5 Å². The summed E-state index contributed by atoms with van der Waals surface area (Å²) in [5.74, 6) is -5.25. The number of halogens is 3. The van der Waals surface area contributed by atoms with E-state index in [-0.39, 0.29) is 12.1 Å². The van der Waals surface area contributed by atoms with Crippen molar-refractivity contribution in [3.63, 3.8) is 0 Å². The standard InChI is InChI=1S/C10H10F3NO2/c1-5(15)4-14-10(16)6-2-7(11)9(13)8(12)3-6/h2-3,5,15H,4H2,1H3,(H,14,16)/t5-/m1/s1. The van der Waals surface area contributed by atoms with Gasteiger partial charge in [0.1, 0.15) is 0 Å². The molecule has 3 nitrogen and oxygen atoms in total. The third-order valence-corrected chi connectivity index (χ3v) is 1.80. The number of amides is 1. The van der Waals surface area contributed by atoms with Crippen LogP contribution >= 0.6 is 0 Å². The molecule has 0 spiro atoms. The Hall–Kier alpha value is -1.56. The van der Waals surface area contributed by atoms with E-state index in [4.69, 9.17) is 5.11 Å². The van der Waals surface area contributed by atoms with Crippen LogP contribution in [0.2, 0.25) is 0 Å². The van der Waals surface area contributed by atoms with Crippen molar-refractivity contribution in [2.24, 2.45) is 0 Å². The van der Waals surface area contributed by atoms with Crippen LogP contribution in [0, 0.1) is 17.5 Å². The number of aliphatic hydroxyl groups excluding tert-OH is 1. The third-order valence-electron chi connectivity index (χ3n) is 1.80. The van der Waals surface area contributed by atoms with Gasteiger partial charge in [-0.05, 0) is 19.1 Å². The first-order valence-electron chi connectivity index (χ1n) is 4.52. The monoisotopic (exact) mass is 233 g/mol. The lowest BCUT2D eigenvalue weighted by Crippen LogP contribution is -2.30. The normalized spacial score (nSPS) is 12.3. The van der Waals surface area contributed by atoms with Gasteiger partial charge >= 0.3 is 0 Å². The van der Waals surface area contributed by atoms with E-state index in [9.17, 15) is 18.0 Å². The molecule has 0 aromatic heterocycles. The van der Waals surface area contributed by atoms with Gasteiger partial charge in [-0.1, -0.05) is 0 Å². The highest BCUT2D eigenvalue weighted by molar-refractivity contribution is 5.94. The van der Waals surface area contributed by atoms with Gasteiger partial charge in [0.2, 0.25) is 0 Å². The maximum atomic E-state index is 12.8. The fourth-order valence-corrected chi connectivity index (χ4v) is 1.03. The Labute approximate surface area is 89.9 Å². The summed E-state index contributed by atoms with van der Waals surface area (Å²) in [6.07, 6.45) is -0.779. The second kappa shape index (κ2) is 4.98. The van der Waals surface area contributed by atoms with Crippen LogP contribution in [0.1, 0.15) is 17.3 Å². The number of aliphatic hydroxyl groups is 1. The predicted molar refractivity (Wildman–Crippen MR) is 50.3 cm³/mol. The summed E-state index contributed by atoms with van der Waals surface area (Å²) in [6.45, 7) is 1.38. The fraction of sp³-hybridized carbons (Fsp3) is 0.300. The average molecular weight is 233 g/mol. The lowest BCUT2D eigenvalue weighted by Gasteiger charge is -2.07. The topological polar surface area (TPSA) is 49.3 Å². The molecule has 1 aromatic carbocycles. The van der Waals surface area contributed by atoms with Crippen LogP contribution in [0.3, 0.4) is 0 Å². The number of nitrogens with one attached hydrogen (secondary N) is 1. The van der Waals surface area contributed by atoms with Crippen molar-refractivity contribution < 1.29 is 23.1 Å². The van der Waals surface area contributed by atoms with Crippen molar-refractivity contribution in [3.8, 4) is 0 Å². The number of carbonyl (C=O) groups is 1. The van der Waals surface area contributed by atoms with Gasteiger partial charge < -0.3 is 10.4 Å². The number of carbonyl (C=O) groups excluding carboxylic acids is 1. The van der Waals surface area contributed by atoms with Crippen molar-refractivity contribution in [1.82, 2.24) is 5.32 Å². The largest absolute Gasteiger partial charge is 0.392 e. The van der Waals surface area contributed by atoms with Gasteiger partial charge in [-0.25, -0.2) is 13.2 Å². The molecule has 0 saturated carbocycles. The van der Waals surface area contributed by atoms with E-state index in [1.165, 1.54) is 6.92 Å². The van der Waals surface area contributed by atoms with Crippen molar-refractivity contribution >= 4 is 5.91 Å².